The van der Waals surface area contributed by atoms with Crippen molar-refractivity contribution in [3.63, 3.8) is 0 Å². The maximum atomic E-state index is 11.9. The van der Waals surface area contributed by atoms with Crippen molar-refractivity contribution in [2.24, 2.45) is 7.05 Å². The molecule has 14 heavy (non-hydrogen) atoms. The Bertz CT molecular complexity index is 354. The van der Waals surface area contributed by atoms with Crippen molar-refractivity contribution in [2.45, 2.75) is 32.0 Å². The minimum atomic E-state index is -0.0528. The zero-order valence-corrected chi connectivity index (χ0v) is 10.7. The summed E-state index contributed by atoms with van der Waals surface area (Å²) in [7, 11) is 1.98. The SMILES string of the molecule is CCC(Br)C(=O)c1cc(C)n(C)c1C. The summed E-state index contributed by atoms with van der Waals surface area (Å²) in [6.07, 6.45) is 0.826. The van der Waals surface area contributed by atoms with Gasteiger partial charge in [0.15, 0.2) is 5.78 Å². The minimum absolute atomic E-state index is 0.0528. The van der Waals surface area contributed by atoms with Gasteiger partial charge in [0.05, 0.1) is 4.83 Å². The molecule has 0 spiro atoms. The third kappa shape index (κ3) is 1.92. The highest BCUT2D eigenvalue weighted by molar-refractivity contribution is 9.10. The fourth-order valence-corrected chi connectivity index (χ4v) is 1.71. The molecule has 0 radical (unpaired) electrons. The lowest BCUT2D eigenvalue weighted by Gasteiger charge is -2.05. The molecule has 0 N–H and O–H groups in total. The third-order valence-electron chi connectivity index (χ3n) is 2.68. The fraction of sp³-hybridized carbons (Fsp3) is 0.545. The summed E-state index contributed by atoms with van der Waals surface area (Å²) in [5.74, 6) is 0.189. The number of aromatic nitrogens is 1. The Morgan fingerprint density at radius 3 is 2.50 bits per heavy atom. The molecule has 0 aliphatic carbocycles. The van der Waals surface area contributed by atoms with Gasteiger partial charge in [0, 0.05) is 24.0 Å². The zero-order valence-electron chi connectivity index (χ0n) is 9.10. The van der Waals surface area contributed by atoms with Gasteiger partial charge in [-0.05, 0) is 26.3 Å². The smallest absolute Gasteiger partial charge is 0.178 e. The van der Waals surface area contributed by atoms with E-state index in [2.05, 4.69) is 15.9 Å². The van der Waals surface area contributed by atoms with Crippen LogP contribution < -0.4 is 0 Å². The van der Waals surface area contributed by atoms with Crippen molar-refractivity contribution in [2.75, 3.05) is 0 Å². The number of carbonyl (C=O) groups excluding carboxylic acids is 1. The summed E-state index contributed by atoms with van der Waals surface area (Å²) in [4.78, 5) is 11.8. The molecule has 1 rings (SSSR count). The first kappa shape index (κ1) is 11.5. The van der Waals surface area contributed by atoms with Gasteiger partial charge in [-0.2, -0.15) is 0 Å². The Balaban J connectivity index is 3.08. The minimum Gasteiger partial charge on any atom is -0.351 e. The molecule has 78 valence electrons. The van der Waals surface area contributed by atoms with Crippen molar-refractivity contribution >= 4 is 21.7 Å². The number of nitrogens with zero attached hydrogens (tertiary/aromatic N) is 1. The molecule has 1 aromatic heterocycles. The van der Waals surface area contributed by atoms with Crippen LogP contribution >= 0.6 is 15.9 Å². The summed E-state index contributed by atoms with van der Waals surface area (Å²) >= 11 is 3.39. The van der Waals surface area contributed by atoms with Gasteiger partial charge in [0.1, 0.15) is 0 Å². The predicted molar refractivity (Wildman–Crippen MR) is 62.2 cm³/mol. The molecular formula is C11H16BrNO. The average Bonchev–Trinajstić information content (AvgIpc) is 2.43. The van der Waals surface area contributed by atoms with Gasteiger partial charge in [-0.1, -0.05) is 22.9 Å². The van der Waals surface area contributed by atoms with E-state index in [9.17, 15) is 4.79 Å². The number of hydrogen-bond acceptors (Lipinski definition) is 1. The van der Waals surface area contributed by atoms with Gasteiger partial charge < -0.3 is 4.57 Å². The summed E-state index contributed by atoms with van der Waals surface area (Å²) in [6, 6.07) is 1.96. The molecule has 0 aliphatic rings. The van der Waals surface area contributed by atoms with Gasteiger partial charge >= 0.3 is 0 Å². The molecular weight excluding hydrogens is 242 g/mol. The summed E-state index contributed by atoms with van der Waals surface area (Å²) in [6.45, 7) is 6.00. The molecule has 0 saturated carbocycles. The topological polar surface area (TPSA) is 22.0 Å². The number of Topliss-reactive ketones (excluding diaryl/α,β-unsaturated/α-hetero) is 1. The van der Waals surface area contributed by atoms with Gasteiger partial charge in [-0.15, -0.1) is 0 Å². The largest absolute Gasteiger partial charge is 0.351 e. The second-order valence-electron chi connectivity index (χ2n) is 3.58. The lowest BCUT2D eigenvalue weighted by molar-refractivity contribution is 0.0989. The molecule has 1 atom stereocenters. The third-order valence-corrected chi connectivity index (χ3v) is 3.75. The van der Waals surface area contributed by atoms with E-state index in [0.717, 1.165) is 23.4 Å². The number of hydrogen-bond donors (Lipinski definition) is 0. The normalized spacial score (nSPS) is 12.9. The van der Waals surface area contributed by atoms with Crippen molar-refractivity contribution in [3.05, 3.63) is 23.0 Å². The van der Waals surface area contributed by atoms with Crippen LogP contribution in [0.5, 0.6) is 0 Å². The van der Waals surface area contributed by atoms with Crippen LogP contribution in [0.1, 0.15) is 35.1 Å². The predicted octanol–water partition coefficient (Wildman–Crippen LogP) is 3.00. The number of carbonyl (C=O) groups is 1. The van der Waals surface area contributed by atoms with E-state index in [1.807, 2.05) is 38.5 Å². The molecule has 0 bridgehead atoms. The number of ketones is 1. The average molecular weight is 258 g/mol. The maximum absolute atomic E-state index is 11.9. The Morgan fingerprint density at radius 1 is 1.57 bits per heavy atom. The zero-order chi connectivity index (χ0) is 10.9. The first-order valence-corrected chi connectivity index (χ1v) is 5.71. The number of rotatable bonds is 3. The quantitative estimate of drug-likeness (QED) is 0.603. The van der Waals surface area contributed by atoms with E-state index < -0.39 is 0 Å². The van der Waals surface area contributed by atoms with Crippen molar-refractivity contribution in [1.29, 1.82) is 0 Å². The molecule has 1 aromatic rings. The van der Waals surface area contributed by atoms with Gasteiger partial charge in [0.2, 0.25) is 0 Å². The lowest BCUT2D eigenvalue weighted by atomic mass is 10.1. The molecule has 0 aromatic carbocycles. The molecule has 1 heterocycles. The van der Waals surface area contributed by atoms with Crippen LogP contribution in [0, 0.1) is 13.8 Å². The first-order valence-electron chi connectivity index (χ1n) is 4.80. The Morgan fingerprint density at radius 2 is 2.14 bits per heavy atom. The van der Waals surface area contributed by atoms with E-state index in [4.69, 9.17) is 0 Å². The van der Waals surface area contributed by atoms with Crippen LogP contribution in [0.2, 0.25) is 0 Å². The van der Waals surface area contributed by atoms with Gasteiger partial charge in [-0.3, -0.25) is 4.79 Å². The molecule has 2 nitrogen and oxygen atoms in total. The van der Waals surface area contributed by atoms with Crippen LogP contribution in [0.15, 0.2) is 6.07 Å². The van der Waals surface area contributed by atoms with Gasteiger partial charge in [-0.25, -0.2) is 0 Å². The Labute approximate surface area is 93.4 Å². The van der Waals surface area contributed by atoms with E-state index in [1.165, 1.54) is 0 Å². The van der Waals surface area contributed by atoms with Crippen LogP contribution in [0.25, 0.3) is 0 Å². The van der Waals surface area contributed by atoms with Crippen LogP contribution in [-0.4, -0.2) is 15.2 Å². The first-order chi connectivity index (χ1) is 6.49. The second-order valence-corrected chi connectivity index (χ2v) is 4.69. The van der Waals surface area contributed by atoms with E-state index >= 15 is 0 Å². The highest BCUT2D eigenvalue weighted by Gasteiger charge is 2.19. The van der Waals surface area contributed by atoms with Crippen LogP contribution in [0.3, 0.4) is 0 Å². The highest BCUT2D eigenvalue weighted by atomic mass is 79.9. The second kappa shape index (κ2) is 4.30. The highest BCUT2D eigenvalue weighted by Crippen LogP contribution is 2.19. The summed E-state index contributed by atoms with van der Waals surface area (Å²) in [5.41, 5.74) is 3.01. The fourth-order valence-electron chi connectivity index (χ4n) is 1.46. The van der Waals surface area contributed by atoms with Crippen LogP contribution in [-0.2, 0) is 7.05 Å². The maximum Gasteiger partial charge on any atom is 0.178 e. The van der Waals surface area contributed by atoms with E-state index in [0.29, 0.717) is 0 Å². The molecule has 0 fully saturated rings. The number of alkyl halides is 1. The molecule has 0 saturated heterocycles. The summed E-state index contributed by atoms with van der Waals surface area (Å²) in [5, 5.41) is 0. The van der Waals surface area contributed by atoms with E-state index in [1.54, 1.807) is 0 Å². The van der Waals surface area contributed by atoms with Gasteiger partial charge in [0.25, 0.3) is 0 Å². The Kier molecular flexibility index (Phi) is 3.53. The molecule has 0 aliphatic heterocycles. The van der Waals surface area contributed by atoms with Crippen molar-refractivity contribution in [3.8, 4) is 0 Å². The van der Waals surface area contributed by atoms with Crippen molar-refractivity contribution < 1.29 is 4.79 Å². The van der Waals surface area contributed by atoms with E-state index in [-0.39, 0.29) is 10.6 Å². The monoisotopic (exact) mass is 257 g/mol. The van der Waals surface area contributed by atoms with Crippen molar-refractivity contribution in [1.82, 2.24) is 4.57 Å². The standard InChI is InChI=1S/C11H16BrNO/c1-5-10(12)11(14)9-6-7(2)13(4)8(9)3/h6,10H,5H2,1-4H3. The molecule has 0 amide bonds. The molecule has 3 heteroatoms. The Hall–Kier alpha value is -0.570. The van der Waals surface area contributed by atoms with Crippen LogP contribution in [0.4, 0.5) is 0 Å². The summed E-state index contributed by atoms with van der Waals surface area (Å²) < 4.78 is 2.04. The number of aryl methyl sites for hydroxylation is 1. The lowest BCUT2D eigenvalue weighted by Crippen LogP contribution is -2.13. The molecule has 1 unspecified atom stereocenters. The number of halogens is 1.